The van der Waals surface area contributed by atoms with E-state index in [-0.39, 0.29) is 0 Å². The number of rotatable bonds is 6. The van der Waals surface area contributed by atoms with Gasteiger partial charge in [-0.1, -0.05) is 22.6 Å². The Labute approximate surface area is 84.0 Å². The second-order valence-corrected chi connectivity index (χ2v) is 7.11. The van der Waals surface area contributed by atoms with Crippen LogP contribution >= 0.6 is 22.6 Å². The van der Waals surface area contributed by atoms with Crippen LogP contribution in [0.3, 0.4) is 0 Å². The van der Waals surface area contributed by atoms with Crippen LogP contribution in [0.15, 0.2) is 0 Å². The number of hydrogen-bond acceptors (Lipinski definition) is 2. The third kappa shape index (κ3) is 5.16. The fourth-order valence-electron chi connectivity index (χ4n) is 0.926. The van der Waals surface area contributed by atoms with Gasteiger partial charge in [0.1, 0.15) is 0 Å². The van der Waals surface area contributed by atoms with Crippen LogP contribution in [0, 0.1) is 0 Å². The van der Waals surface area contributed by atoms with Crippen molar-refractivity contribution in [2.75, 3.05) is 18.1 Å². The highest BCUT2D eigenvalue weighted by Crippen LogP contribution is 2.15. The van der Waals surface area contributed by atoms with E-state index in [4.69, 9.17) is 8.85 Å². The fraction of sp³-hybridized carbons (Fsp3) is 1.00. The Morgan fingerprint density at radius 3 is 2.45 bits per heavy atom. The lowest BCUT2D eigenvalue weighted by molar-refractivity contribution is 0.215. The highest BCUT2D eigenvalue weighted by atomic mass is 127. The number of halogens is 1. The maximum atomic E-state index is 5.59. The summed E-state index contributed by atoms with van der Waals surface area (Å²) in [5, 5.41) is 0. The third-order valence-electron chi connectivity index (χ3n) is 1.65. The van der Waals surface area contributed by atoms with Crippen molar-refractivity contribution in [3.05, 3.63) is 0 Å². The molecule has 0 saturated heterocycles. The van der Waals surface area contributed by atoms with E-state index in [1.54, 1.807) is 7.11 Å². The molecule has 0 heterocycles. The second-order valence-electron chi connectivity index (χ2n) is 2.56. The highest BCUT2D eigenvalue weighted by Gasteiger charge is 2.28. The van der Waals surface area contributed by atoms with Crippen LogP contribution in [0.1, 0.15) is 13.3 Å². The zero-order valence-corrected chi connectivity index (χ0v) is 10.7. The molecule has 0 aliphatic rings. The molecule has 0 aliphatic carbocycles. The molecular formula is C7H17IO2Si. The van der Waals surface area contributed by atoms with E-state index in [9.17, 15) is 0 Å². The zero-order chi connectivity index (χ0) is 8.74. The molecule has 0 fully saturated rings. The van der Waals surface area contributed by atoms with E-state index in [0.717, 1.165) is 12.7 Å². The molecule has 4 heteroatoms. The minimum atomic E-state index is -1.75. The van der Waals surface area contributed by atoms with Gasteiger partial charge in [0.15, 0.2) is 0 Å². The first kappa shape index (κ1) is 11.9. The lowest BCUT2D eigenvalue weighted by atomic mass is 10.6. The Morgan fingerprint density at radius 1 is 1.45 bits per heavy atom. The topological polar surface area (TPSA) is 18.5 Å². The summed E-state index contributed by atoms with van der Waals surface area (Å²) in [4.78, 5) is 0. The molecule has 0 radical (unpaired) electrons. The molecule has 0 rings (SSSR count). The second kappa shape index (κ2) is 6.39. The smallest absolute Gasteiger partial charge is 0.334 e. The van der Waals surface area contributed by atoms with Gasteiger partial charge in [-0.05, 0) is 30.4 Å². The lowest BCUT2D eigenvalue weighted by Gasteiger charge is -2.23. The van der Waals surface area contributed by atoms with E-state index in [1.807, 2.05) is 6.92 Å². The van der Waals surface area contributed by atoms with E-state index in [1.165, 1.54) is 10.8 Å². The first-order valence-electron chi connectivity index (χ1n) is 3.93. The molecule has 0 aromatic carbocycles. The number of alkyl halides is 1. The molecule has 0 aromatic heterocycles. The monoisotopic (exact) mass is 288 g/mol. The molecule has 1 atom stereocenters. The molecule has 0 N–H and O–H groups in total. The first-order chi connectivity index (χ1) is 5.18. The standard InChI is InChI=1S/C7H17IO2Si/c1-4-10-11(3,9-2)7-5-6-8/h4-7H2,1-3H3. The predicted molar refractivity (Wildman–Crippen MR) is 58.6 cm³/mol. The molecular weight excluding hydrogens is 271 g/mol. The van der Waals surface area contributed by atoms with Crippen molar-refractivity contribution >= 4 is 31.2 Å². The van der Waals surface area contributed by atoms with Gasteiger partial charge in [0, 0.05) is 13.7 Å². The summed E-state index contributed by atoms with van der Waals surface area (Å²) in [7, 11) is 0.00985. The van der Waals surface area contributed by atoms with Gasteiger partial charge in [-0.25, -0.2) is 0 Å². The van der Waals surface area contributed by atoms with Crippen molar-refractivity contribution in [2.24, 2.45) is 0 Å². The molecule has 0 amide bonds. The van der Waals surface area contributed by atoms with E-state index in [0.29, 0.717) is 0 Å². The van der Waals surface area contributed by atoms with Crippen molar-refractivity contribution in [3.63, 3.8) is 0 Å². The minimum Gasteiger partial charge on any atom is -0.398 e. The number of hydrogen-bond donors (Lipinski definition) is 0. The largest absolute Gasteiger partial charge is 0.398 e. The third-order valence-corrected chi connectivity index (χ3v) is 5.43. The van der Waals surface area contributed by atoms with Gasteiger partial charge in [0.25, 0.3) is 0 Å². The van der Waals surface area contributed by atoms with Gasteiger partial charge < -0.3 is 8.85 Å². The van der Waals surface area contributed by atoms with Crippen LogP contribution in [0.25, 0.3) is 0 Å². The zero-order valence-electron chi connectivity index (χ0n) is 7.52. The van der Waals surface area contributed by atoms with Crippen molar-refractivity contribution < 1.29 is 8.85 Å². The maximum Gasteiger partial charge on any atom is 0.334 e. The first-order valence-corrected chi connectivity index (χ1v) is 7.98. The van der Waals surface area contributed by atoms with Crippen LogP contribution in [0.4, 0.5) is 0 Å². The molecule has 2 nitrogen and oxygen atoms in total. The van der Waals surface area contributed by atoms with Crippen molar-refractivity contribution in [1.29, 1.82) is 0 Å². The molecule has 0 aromatic rings. The molecule has 11 heavy (non-hydrogen) atoms. The van der Waals surface area contributed by atoms with Crippen LogP contribution in [0.2, 0.25) is 12.6 Å². The van der Waals surface area contributed by atoms with Crippen molar-refractivity contribution in [2.45, 2.75) is 25.9 Å². The Balaban J connectivity index is 3.68. The van der Waals surface area contributed by atoms with Gasteiger partial charge in [0.2, 0.25) is 0 Å². The average Bonchev–Trinajstić information content (AvgIpc) is 2.02. The van der Waals surface area contributed by atoms with Crippen LogP contribution in [-0.4, -0.2) is 26.7 Å². The summed E-state index contributed by atoms with van der Waals surface area (Å²) >= 11 is 2.38. The SMILES string of the molecule is CCO[Si](C)(CCCI)OC. The van der Waals surface area contributed by atoms with Crippen molar-refractivity contribution in [1.82, 2.24) is 0 Å². The summed E-state index contributed by atoms with van der Waals surface area (Å²) in [5.74, 6) is 0. The van der Waals surface area contributed by atoms with Crippen LogP contribution < -0.4 is 0 Å². The van der Waals surface area contributed by atoms with E-state index in [2.05, 4.69) is 29.1 Å². The Kier molecular flexibility index (Phi) is 6.89. The summed E-state index contributed by atoms with van der Waals surface area (Å²) in [6.45, 7) is 4.93. The van der Waals surface area contributed by atoms with Gasteiger partial charge in [-0.3, -0.25) is 0 Å². The average molecular weight is 288 g/mol. The molecule has 0 spiro atoms. The van der Waals surface area contributed by atoms with Gasteiger partial charge >= 0.3 is 8.56 Å². The lowest BCUT2D eigenvalue weighted by Crippen LogP contribution is -2.37. The summed E-state index contributed by atoms with van der Waals surface area (Å²) in [6.07, 6.45) is 1.21. The molecule has 0 saturated carbocycles. The quantitative estimate of drug-likeness (QED) is 0.425. The van der Waals surface area contributed by atoms with Gasteiger partial charge in [-0.2, -0.15) is 0 Å². The van der Waals surface area contributed by atoms with Crippen molar-refractivity contribution in [3.8, 4) is 0 Å². The Bertz CT molecular complexity index is 102. The molecule has 0 bridgehead atoms. The molecule has 0 aliphatic heterocycles. The van der Waals surface area contributed by atoms with E-state index >= 15 is 0 Å². The molecule has 1 unspecified atom stereocenters. The predicted octanol–water partition coefficient (Wildman–Crippen LogP) is 2.57. The Morgan fingerprint density at radius 2 is 2.09 bits per heavy atom. The highest BCUT2D eigenvalue weighted by molar-refractivity contribution is 14.1. The summed E-state index contributed by atoms with van der Waals surface area (Å²) in [6, 6.07) is 1.11. The summed E-state index contributed by atoms with van der Waals surface area (Å²) < 4.78 is 12.2. The molecule has 68 valence electrons. The van der Waals surface area contributed by atoms with Crippen LogP contribution in [0.5, 0.6) is 0 Å². The Hall–Kier alpha value is 0.867. The van der Waals surface area contributed by atoms with Gasteiger partial charge in [0.05, 0.1) is 0 Å². The maximum absolute atomic E-state index is 5.59. The summed E-state index contributed by atoms with van der Waals surface area (Å²) in [5.41, 5.74) is 0. The van der Waals surface area contributed by atoms with E-state index < -0.39 is 8.56 Å². The fourth-order valence-corrected chi connectivity index (χ4v) is 3.92. The van der Waals surface area contributed by atoms with Gasteiger partial charge in [-0.15, -0.1) is 0 Å². The van der Waals surface area contributed by atoms with Crippen LogP contribution in [-0.2, 0) is 8.85 Å². The normalized spacial score (nSPS) is 16.4. The minimum absolute atomic E-state index is 0.776.